The Morgan fingerprint density at radius 1 is 0.895 bits per heavy atom. The van der Waals surface area contributed by atoms with E-state index in [-0.39, 0.29) is 5.52 Å². The Hall–Kier alpha value is -1.92. The molecule has 0 spiro atoms. The summed E-state index contributed by atoms with van der Waals surface area (Å²) in [6.07, 6.45) is 3.02. The average molecular weight is 270 g/mol. The van der Waals surface area contributed by atoms with Gasteiger partial charge in [-0.05, 0) is 13.0 Å². The topological polar surface area (TPSA) is 34.1 Å². The van der Waals surface area contributed by atoms with Gasteiger partial charge in [0.2, 0.25) is 12.7 Å². The molecule has 2 rings (SSSR count). The van der Waals surface area contributed by atoms with Crippen molar-refractivity contribution < 1.29 is 9.36 Å². The van der Waals surface area contributed by atoms with Gasteiger partial charge in [-0.2, -0.15) is 0 Å². The summed E-state index contributed by atoms with van der Waals surface area (Å²) in [4.78, 5) is 12.3. The highest BCUT2D eigenvalue weighted by molar-refractivity contribution is 7.93. The van der Waals surface area contributed by atoms with E-state index in [1.807, 2.05) is 12.1 Å². The summed E-state index contributed by atoms with van der Waals surface area (Å²) in [7, 11) is -3.26. The number of rotatable bonds is 4. The van der Waals surface area contributed by atoms with Crippen LogP contribution in [0.15, 0.2) is 72.8 Å². The highest BCUT2D eigenvalue weighted by Crippen LogP contribution is 2.44. The number of benzene rings is 2. The summed E-state index contributed by atoms with van der Waals surface area (Å²) in [5.74, 6) is 0. The normalized spacial score (nSPS) is 11.6. The van der Waals surface area contributed by atoms with Crippen molar-refractivity contribution in [3.63, 3.8) is 0 Å². The molecule has 0 aromatic heterocycles. The Labute approximate surface area is 113 Å². The summed E-state index contributed by atoms with van der Waals surface area (Å²) in [6.45, 7) is 1.75. The maximum absolute atomic E-state index is 13.3. The van der Waals surface area contributed by atoms with Crippen molar-refractivity contribution in [3.05, 3.63) is 72.8 Å². The van der Waals surface area contributed by atoms with Crippen LogP contribution in [0.5, 0.6) is 0 Å². The molecular weight excluding hydrogens is 255 g/mol. The molecule has 0 heterocycles. The summed E-state index contributed by atoms with van der Waals surface area (Å²) >= 11 is 0. The highest BCUT2D eigenvalue weighted by atomic mass is 31.2. The van der Waals surface area contributed by atoms with E-state index in [0.29, 0.717) is 10.6 Å². The standard InChI is InChI=1S/C16H15O2P/c1-2-9-16(17)19(18,14-10-5-3-6-11-14)15-12-7-4-8-13-15/h2-13H,1H3. The Balaban J connectivity index is 2.65. The molecule has 0 amide bonds. The van der Waals surface area contributed by atoms with Crippen molar-refractivity contribution in [1.82, 2.24) is 0 Å². The van der Waals surface area contributed by atoms with Crippen LogP contribution in [-0.4, -0.2) is 5.52 Å². The molecule has 2 aromatic carbocycles. The average Bonchev–Trinajstić information content (AvgIpc) is 2.48. The van der Waals surface area contributed by atoms with Crippen LogP contribution in [0.25, 0.3) is 0 Å². The molecule has 3 heteroatoms. The quantitative estimate of drug-likeness (QED) is 0.632. The zero-order valence-electron chi connectivity index (χ0n) is 10.7. The van der Waals surface area contributed by atoms with Gasteiger partial charge in [-0.15, -0.1) is 0 Å². The van der Waals surface area contributed by atoms with Gasteiger partial charge in [0.1, 0.15) is 0 Å². The van der Waals surface area contributed by atoms with E-state index in [9.17, 15) is 9.36 Å². The minimum Gasteiger partial charge on any atom is -0.305 e. The molecule has 0 radical (unpaired) electrons. The van der Waals surface area contributed by atoms with Crippen molar-refractivity contribution in [2.24, 2.45) is 0 Å². The van der Waals surface area contributed by atoms with E-state index in [4.69, 9.17) is 0 Å². The lowest BCUT2D eigenvalue weighted by Gasteiger charge is -2.16. The first-order chi connectivity index (χ1) is 9.19. The lowest BCUT2D eigenvalue weighted by molar-refractivity contribution is -0.107. The second kappa shape index (κ2) is 5.81. The first-order valence-electron chi connectivity index (χ1n) is 6.08. The van der Waals surface area contributed by atoms with Gasteiger partial charge in [-0.25, -0.2) is 0 Å². The Kier molecular flexibility index (Phi) is 4.13. The molecule has 0 aliphatic rings. The lowest BCUT2D eigenvalue weighted by atomic mass is 10.4. The first kappa shape index (κ1) is 13.5. The third-order valence-corrected chi connectivity index (χ3v) is 5.68. The van der Waals surface area contributed by atoms with E-state index in [1.54, 1.807) is 61.5 Å². The SMILES string of the molecule is CC=CC(=O)P(=O)(c1ccccc1)c1ccccc1. The molecule has 0 aliphatic heterocycles. The molecular formula is C16H15O2P. The third kappa shape index (κ3) is 2.59. The van der Waals surface area contributed by atoms with Crippen LogP contribution in [-0.2, 0) is 9.36 Å². The van der Waals surface area contributed by atoms with Crippen LogP contribution >= 0.6 is 7.14 Å². The molecule has 0 N–H and O–H groups in total. The number of hydrogen-bond acceptors (Lipinski definition) is 2. The number of carbonyl (C=O) groups excluding carboxylic acids is 1. The van der Waals surface area contributed by atoms with E-state index >= 15 is 0 Å². The van der Waals surface area contributed by atoms with E-state index in [0.717, 1.165) is 0 Å². The van der Waals surface area contributed by atoms with Gasteiger partial charge in [0.25, 0.3) is 0 Å². The maximum Gasteiger partial charge on any atom is 0.222 e. The molecule has 0 saturated heterocycles. The van der Waals surface area contributed by atoms with Gasteiger partial charge >= 0.3 is 0 Å². The van der Waals surface area contributed by atoms with Crippen molar-refractivity contribution in [1.29, 1.82) is 0 Å². The zero-order chi connectivity index (χ0) is 13.7. The fraction of sp³-hybridized carbons (Fsp3) is 0.0625. The van der Waals surface area contributed by atoms with E-state index in [1.165, 1.54) is 6.08 Å². The van der Waals surface area contributed by atoms with Crippen LogP contribution in [0.1, 0.15) is 6.92 Å². The van der Waals surface area contributed by atoms with Crippen LogP contribution in [0.2, 0.25) is 0 Å². The first-order valence-corrected chi connectivity index (χ1v) is 7.79. The lowest BCUT2D eigenvalue weighted by Crippen LogP contribution is -2.21. The monoisotopic (exact) mass is 270 g/mol. The van der Waals surface area contributed by atoms with Crippen molar-refractivity contribution >= 4 is 23.3 Å². The van der Waals surface area contributed by atoms with Gasteiger partial charge in [0.05, 0.1) is 0 Å². The van der Waals surface area contributed by atoms with Gasteiger partial charge in [-0.1, -0.05) is 66.7 Å². The summed E-state index contributed by atoms with van der Waals surface area (Å²) in [5, 5.41) is 1.15. The van der Waals surface area contributed by atoms with Crippen molar-refractivity contribution in [2.75, 3.05) is 0 Å². The Morgan fingerprint density at radius 3 is 1.68 bits per heavy atom. The molecule has 96 valence electrons. The maximum atomic E-state index is 13.3. The molecule has 0 atom stereocenters. The van der Waals surface area contributed by atoms with Crippen LogP contribution in [0.4, 0.5) is 0 Å². The highest BCUT2D eigenvalue weighted by Gasteiger charge is 2.33. The molecule has 0 saturated carbocycles. The van der Waals surface area contributed by atoms with Crippen LogP contribution in [0.3, 0.4) is 0 Å². The molecule has 19 heavy (non-hydrogen) atoms. The van der Waals surface area contributed by atoms with Gasteiger partial charge in [0.15, 0.2) is 0 Å². The van der Waals surface area contributed by atoms with E-state index in [2.05, 4.69) is 0 Å². The largest absolute Gasteiger partial charge is 0.305 e. The van der Waals surface area contributed by atoms with Gasteiger partial charge in [-0.3, -0.25) is 4.79 Å². The Bertz CT molecular complexity index is 587. The summed E-state index contributed by atoms with van der Waals surface area (Å²) in [5.41, 5.74) is -0.340. The molecule has 2 aromatic rings. The smallest absolute Gasteiger partial charge is 0.222 e. The van der Waals surface area contributed by atoms with Crippen molar-refractivity contribution in [2.45, 2.75) is 6.92 Å². The predicted molar refractivity (Wildman–Crippen MR) is 79.6 cm³/mol. The summed E-state index contributed by atoms with van der Waals surface area (Å²) < 4.78 is 13.3. The Morgan fingerprint density at radius 2 is 1.32 bits per heavy atom. The van der Waals surface area contributed by atoms with Crippen LogP contribution in [0, 0.1) is 0 Å². The second-order valence-electron chi connectivity index (χ2n) is 4.12. The van der Waals surface area contributed by atoms with Gasteiger partial charge < -0.3 is 4.57 Å². The molecule has 2 nitrogen and oxygen atoms in total. The zero-order valence-corrected chi connectivity index (χ0v) is 11.6. The molecule has 0 bridgehead atoms. The molecule has 0 fully saturated rings. The predicted octanol–water partition coefficient (Wildman–Crippen LogP) is 3.10. The molecule has 0 aliphatic carbocycles. The number of allylic oxidation sites excluding steroid dienone is 2. The number of hydrogen-bond donors (Lipinski definition) is 0. The minimum atomic E-state index is -3.26. The number of carbonyl (C=O) groups is 1. The fourth-order valence-corrected chi connectivity index (χ4v) is 4.28. The van der Waals surface area contributed by atoms with Crippen LogP contribution < -0.4 is 10.6 Å². The summed E-state index contributed by atoms with van der Waals surface area (Å²) in [6, 6.07) is 17.9. The van der Waals surface area contributed by atoms with Crippen molar-refractivity contribution in [3.8, 4) is 0 Å². The third-order valence-electron chi connectivity index (χ3n) is 2.86. The second-order valence-corrected chi connectivity index (χ2v) is 6.81. The fourth-order valence-electron chi connectivity index (χ4n) is 1.93. The van der Waals surface area contributed by atoms with Gasteiger partial charge in [0, 0.05) is 10.6 Å². The molecule has 0 unspecified atom stereocenters. The minimum absolute atomic E-state index is 0.340. The van der Waals surface area contributed by atoms with E-state index < -0.39 is 7.14 Å².